The van der Waals surface area contributed by atoms with Gasteiger partial charge in [0.2, 0.25) is 0 Å². The molecule has 7 nitrogen and oxygen atoms in total. The normalized spacial score (nSPS) is 13.5. The number of halogens is 1. The van der Waals surface area contributed by atoms with E-state index in [0.717, 1.165) is 36.5 Å². The second-order valence-corrected chi connectivity index (χ2v) is 9.03. The highest BCUT2D eigenvalue weighted by molar-refractivity contribution is 6.35. The Hall–Kier alpha value is -4.22. The molecule has 0 spiro atoms. The number of carbonyl (C=O) groups is 2. The van der Waals surface area contributed by atoms with Crippen molar-refractivity contribution in [3.63, 3.8) is 0 Å². The fraction of sp³-hybridized carbons (Fsp3) is 0.276. The van der Waals surface area contributed by atoms with E-state index in [9.17, 15) is 14.0 Å². The molecular weight excluding hydrogens is 469 g/mol. The van der Waals surface area contributed by atoms with E-state index in [1.807, 2.05) is 26.0 Å². The Morgan fingerprint density at radius 3 is 2.51 bits per heavy atom. The fourth-order valence-corrected chi connectivity index (χ4v) is 4.66. The zero-order valence-electron chi connectivity index (χ0n) is 21.5. The number of nitriles is 1. The molecule has 1 aliphatic rings. The SMILES string of the molecule is CCN(CC)CCNC(=O)c1c(C)[nH]c(/C=C2\C(=O)Nc3ccc(-c4ccc(C#N)c(F)c4)cc32)c1C. The van der Waals surface area contributed by atoms with Gasteiger partial charge in [0.25, 0.3) is 11.8 Å². The highest BCUT2D eigenvalue weighted by atomic mass is 19.1. The second kappa shape index (κ2) is 10.8. The predicted molar refractivity (Wildman–Crippen MR) is 143 cm³/mol. The summed E-state index contributed by atoms with van der Waals surface area (Å²) in [4.78, 5) is 31.3. The van der Waals surface area contributed by atoms with Crippen LogP contribution in [0.2, 0.25) is 0 Å². The minimum atomic E-state index is -0.592. The van der Waals surface area contributed by atoms with Crippen LogP contribution in [0.15, 0.2) is 36.4 Å². The number of nitrogens with zero attached hydrogens (tertiary/aromatic N) is 2. The van der Waals surface area contributed by atoms with E-state index in [1.165, 1.54) is 12.1 Å². The molecule has 3 aromatic rings. The number of carbonyl (C=O) groups excluding carboxylic acids is 2. The first kappa shape index (κ1) is 25.9. The van der Waals surface area contributed by atoms with E-state index in [4.69, 9.17) is 5.26 Å². The Labute approximate surface area is 216 Å². The van der Waals surface area contributed by atoms with Crippen LogP contribution in [0.1, 0.15) is 52.3 Å². The van der Waals surface area contributed by atoms with Gasteiger partial charge in [0.05, 0.1) is 16.7 Å². The number of anilines is 1. The molecule has 0 bridgehead atoms. The quantitative estimate of drug-likeness (QED) is 0.385. The summed E-state index contributed by atoms with van der Waals surface area (Å²) >= 11 is 0. The molecule has 3 N–H and O–H groups in total. The summed E-state index contributed by atoms with van der Waals surface area (Å²) in [7, 11) is 0. The molecule has 2 amide bonds. The first-order chi connectivity index (χ1) is 17.8. The van der Waals surface area contributed by atoms with Crippen molar-refractivity contribution in [2.24, 2.45) is 0 Å². The van der Waals surface area contributed by atoms with Crippen LogP contribution in [-0.2, 0) is 4.79 Å². The number of amides is 2. The van der Waals surface area contributed by atoms with Crippen LogP contribution < -0.4 is 10.6 Å². The van der Waals surface area contributed by atoms with Crippen molar-refractivity contribution < 1.29 is 14.0 Å². The zero-order valence-corrected chi connectivity index (χ0v) is 21.5. The van der Waals surface area contributed by atoms with Crippen LogP contribution in [0.3, 0.4) is 0 Å². The summed E-state index contributed by atoms with van der Waals surface area (Å²) in [5.41, 5.74) is 5.84. The lowest BCUT2D eigenvalue weighted by atomic mass is 9.97. The standard InChI is InChI=1S/C29H30FN5O2/c1-5-35(6-2)12-11-32-29(37)27-17(3)26(33-18(27)4)15-23-22-13-19(9-10-25(22)34-28(23)36)20-7-8-21(16-31)24(30)14-20/h7-10,13-15,33H,5-6,11-12H2,1-4H3,(H,32,37)(H,34,36)/b23-15-. The van der Waals surface area contributed by atoms with Gasteiger partial charge in [0.15, 0.2) is 0 Å². The number of aromatic nitrogens is 1. The topological polar surface area (TPSA) is 101 Å². The van der Waals surface area contributed by atoms with Crippen molar-refractivity contribution in [1.82, 2.24) is 15.2 Å². The molecule has 0 unspecified atom stereocenters. The summed E-state index contributed by atoms with van der Waals surface area (Å²) in [6.07, 6.45) is 1.75. The van der Waals surface area contributed by atoms with Gasteiger partial charge in [-0.1, -0.05) is 26.0 Å². The van der Waals surface area contributed by atoms with Gasteiger partial charge in [0.1, 0.15) is 11.9 Å². The molecule has 0 radical (unpaired) electrons. The summed E-state index contributed by atoms with van der Waals surface area (Å²) in [5.74, 6) is -0.995. The molecule has 4 rings (SSSR count). The third-order valence-electron chi connectivity index (χ3n) is 6.83. The molecule has 2 heterocycles. The summed E-state index contributed by atoms with van der Waals surface area (Å²) in [5, 5.41) is 14.9. The van der Waals surface area contributed by atoms with Crippen LogP contribution in [-0.4, -0.2) is 47.9 Å². The maximum atomic E-state index is 14.2. The molecule has 2 aromatic carbocycles. The molecule has 0 aliphatic carbocycles. The van der Waals surface area contributed by atoms with E-state index in [0.29, 0.717) is 40.2 Å². The number of hydrogen-bond donors (Lipinski definition) is 3. The van der Waals surface area contributed by atoms with Gasteiger partial charge in [-0.3, -0.25) is 9.59 Å². The Bertz CT molecular complexity index is 1440. The minimum absolute atomic E-state index is 0.0205. The monoisotopic (exact) mass is 499 g/mol. The van der Waals surface area contributed by atoms with Crippen LogP contribution >= 0.6 is 0 Å². The number of likely N-dealkylation sites (N-methyl/N-ethyl adjacent to an activating group) is 1. The van der Waals surface area contributed by atoms with Crippen LogP contribution in [0.25, 0.3) is 22.8 Å². The number of nitrogens with one attached hydrogen (secondary N) is 3. The van der Waals surface area contributed by atoms with Crippen molar-refractivity contribution >= 4 is 29.2 Å². The number of hydrogen-bond acceptors (Lipinski definition) is 4. The first-order valence-electron chi connectivity index (χ1n) is 12.3. The van der Waals surface area contributed by atoms with E-state index in [-0.39, 0.29) is 17.4 Å². The van der Waals surface area contributed by atoms with E-state index < -0.39 is 5.82 Å². The van der Waals surface area contributed by atoms with Gasteiger partial charge in [0, 0.05) is 35.7 Å². The average molecular weight is 500 g/mol. The van der Waals surface area contributed by atoms with Crippen molar-refractivity contribution in [1.29, 1.82) is 5.26 Å². The predicted octanol–water partition coefficient (Wildman–Crippen LogP) is 4.87. The molecule has 190 valence electrons. The third kappa shape index (κ3) is 5.18. The van der Waals surface area contributed by atoms with Crippen LogP contribution in [0, 0.1) is 31.0 Å². The van der Waals surface area contributed by atoms with Crippen molar-refractivity contribution in [2.45, 2.75) is 27.7 Å². The lowest BCUT2D eigenvalue weighted by molar-refractivity contribution is -0.110. The van der Waals surface area contributed by atoms with Gasteiger partial charge in [-0.15, -0.1) is 0 Å². The van der Waals surface area contributed by atoms with E-state index in [1.54, 1.807) is 24.3 Å². The zero-order chi connectivity index (χ0) is 26.7. The molecule has 1 aliphatic heterocycles. The Balaban J connectivity index is 1.63. The number of H-pyrrole nitrogens is 1. The van der Waals surface area contributed by atoms with Crippen molar-refractivity contribution in [3.05, 3.63) is 75.9 Å². The maximum absolute atomic E-state index is 14.2. The number of fused-ring (bicyclic) bond motifs is 1. The van der Waals surface area contributed by atoms with E-state index in [2.05, 4.69) is 34.4 Å². The average Bonchev–Trinajstić information content (AvgIpc) is 3.35. The number of rotatable bonds is 8. The highest BCUT2D eigenvalue weighted by Gasteiger charge is 2.26. The molecule has 1 aromatic heterocycles. The Morgan fingerprint density at radius 1 is 1.14 bits per heavy atom. The maximum Gasteiger partial charge on any atom is 0.256 e. The van der Waals surface area contributed by atoms with E-state index >= 15 is 0 Å². The highest BCUT2D eigenvalue weighted by Crippen LogP contribution is 2.37. The Morgan fingerprint density at radius 2 is 1.84 bits per heavy atom. The molecule has 0 fully saturated rings. The molecule has 0 saturated carbocycles. The smallest absolute Gasteiger partial charge is 0.256 e. The summed E-state index contributed by atoms with van der Waals surface area (Å²) in [6.45, 7) is 11.1. The van der Waals surface area contributed by atoms with Crippen molar-refractivity contribution in [3.8, 4) is 17.2 Å². The first-order valence-corrected chi connectivity index (χ1v) is 12.3. The third-order valence-corrected chi connectivity index (χ3v) is 6.83. The van der Waals surface area contributed by atoms with Crippen LogP contribution in [0.4, 0.5) is 10.1 Å². The second-order valence-electron chi connectivity index (χ2n) is 9.03. The molecule has 0 atom stereocenters. The van der Waals surface area contributed by atoms with Crippen LogP contribution in [0.5, 0.6) is 0 Å². The minimum Gasteiger partial charge on any atom is -0.358 e. The van der Waals surface area contributed by atoms with Gasteiger partial charge in [-0.25, -0.2) is 4.39 Å². The lowest BCUT2D eigenvalue weighted by Gasteiger charge is -2.18. The van der Waals surface area contributed by atoms with Gasteiger partial charge in [-0.2, -0.15) is 5.26 Å². The largest absolute Gasteiger partial charge is 0.358 e. The summed E-state index contributed by atoms with van der Waals surface area (Å²) < 4.78 is 14.2. The van der Waals surface area contributed by atoms with Gasteiger partial charge >= 0.3 is 0 Å². The molecule has 37 heavy (non-hydrogen) atoms. The Kier molecular flexibility index (Phi) is 7.55. The number of aryl methyl sites for hydroxylation is 1. The van der Waals surface area contributed by atoms with Gasteiger partial charge < -0.3 is 20.5 Å². The molecule has 0 saturated heterocycles. The fourth-order valence-electron chi connectivity index (χ4n) is 4.66. The summed E-state index contributed by atoms with van der Waals surface area (Å²) in [6, 6.07) is 11.7. The molecular formula is C29H30FN5O2. The number of aromatic amines is 1. The number of benzene rings is 2. The molecule has 8 heteroatoms. The van der Waals surface area contributed by atoms with Gasteiger partial charge in [-0.05, 0) is 74.0 Å². The lowest BCUT2D eigenvalue weighted by Crippen LogP contribution is -2.35. The van der Waals surface area contributed by atoms with Crippen molar-refractivity contribution in [2.75, 3.05) is 31.5 Å².